The van der Waals surface area contributed by atoms with Gasteiger partial charge in [-0.2, -0.15) is 0 Å². The lowest BCUT2D eigenvalue weighted by atomic mass is 10.3. The number of halogens is 1. The molecule has 0 unspecified atom stereocenters. The van der Waals surface area contributed by atoms with Crippen molar-refractivity contribution in [2.45, 2.75) is 19.9 Å². The van der Waals surface area contributed by atoms with Crippen molar-refractivity contribution >= 4 is 28.8 Å². The number of carbonyl (C=O) groups is 1. The van der Waals surface area contributed by atoms with Gasteiger partial charge < -0.3 is 10.6 Å². The molecular formula is C10H15ClN2OS. The highest BCUT2D eigenvalue weighted by Gasteiger charge is 2.09. The third-order valence-electron chi connectivity index (χ3n) is 1.92. The molecule has 0 aliphatic rings. The Hall–Kier alpha value is -0.580. The van der Waals surface area contributed by atoms with Crippen LogP contribution in [0.15, 0.2) is 12.1 Å². The number of likely N-dealkylation sites (N-methyl/N-ethyl adjacent to an activating group) is 1. The highest BCUT2D eigenvalue weighted by Crippen LogP contribution is 2.20. The summed E-state index contributed by atoms with van der Waals surface area (Å²) in [5.41, 5.74) is 0. The summed E-state index contributed by atoms with van der Waals surface area (Å²) in [4.78, 5) is 12.2. The lowest BCUT2D eigenvalue weighted by molar-refractivity contribution is 0.0954. The summed E-state index contributed by atoms with van der Waals surface area (Å²) in [6, 6.07) is 3.75. The normalized spacial score (nSPS) is 12.5. The van der Waals surface area contributed by atoms with E-state index in [1.54, 1.807) is 12.1 Å². The van der Waals surface area contributed by atoms with E-state index in [1.807, 2.05) is 13.8 Å². The van der Waals surface area contributed by atoms with Crippen LogP contribution in [-0.2, 0) is 0 Å². The summed E-state index contributed by atoms with van der Waals surface area (Å²) in [6.07, 6.45) is 0. The highest BCUT2D eigenvalue weighted by atomic mass is 35.5. The van der Waals surface area contributed by atoms with Crippen molar-refractivity contribution in [3.63, 3.8) is 0 Å². The van der Waals surface area contributed by atoms with E-state index in [0.717, 1.165) is 6.54 Å². The summed E-state index contributed by atoms with van der Waals surface area (Å²) in [5.74, 6) is -0.0587. The zero-order valence-electron chi connectivity index (χ0n) is 8.84. The zero-order valence-corrected chi connectivity index (χ0v) is 10.4. The molecule has 0 aliphatic heterocycles. The Morgan fingerprint density at radius 3 is 2.87 bits per heavy atom. The molecule has 0 aliphatic carbocycles. The van der Waals surface area contributed by atoms with Crippen molar-refractivity contribution < 1.29 is 4.79 Å². The summed E-state index contributed by atoms with van der Waals surface area (Å²) < 4.78 is 0.639. The summed E-state index contributed by atoms with van der Waals surface area (Å²) in [5, 5.41) is 6.07. The molecule has 5 heteroatoms. The Bertz CT molecular complexity index is 327. The zero-order chi connectivity index (χ0) is 11.3. The Morgan fingerprint density at radius 1 is 1.60 bits per heavy atom. The second-order valence-electron chi connectivity index (χ2n) is 3.27. The van der Waals surface area contributed by atoms with Crippen LogP contribution in [0.25, 0.3) is 0 Å². The SMILES string of the molecule is CCN[C@H](C)CNC(=O)c1ccc(Cl)s1. The minimum Gasteiger partial charge on any atom is -0.350 e. The average Bonchev–Trinajstić information content (AvgIpc) is 2.62. The third-order valence-corrected chi connectivity index (χ3v) is 3.15. The number of nitrogens with one attached hydrogen (secondary N) is 2. The molecule has 0 bridgehead atoms. The van der Waals surface area contributed by atoms with Crippen LogP contribution < -0.4 is 10.6 Å². The lowest BCUT2D eigenvalue weighted by Gasteiger charge is -2.12. The van der Waals surface area contributed by atoms with Crippen molar-refractivity contribution in [1.82, 2.24) is 10.6 Å². The highest BCUT2D eigenvalue weighted by molar-refractivity contribution is 7.17. The molecule has 0 saturated carbocycles. The second kappa shape index (κ2) is 6.10. The first-order valence-electron chi connectivity index (χ1n) is 4.90. The molecule has 1 rings (SSSR count). The standard InChI is InChI=1S/C10H15ClN2OS/c1-3-12-7(2)6-13-10(14)8-4-5-9(11)15-8/h4-5,7,12H,3,6H2,1-2H3,(H,13,14)/t7-/m1/s1. The number of carbonyl (C=O) groups excluding carboxylic acids is 1. The van der Waals surface area contributed by atoms with E-state index < -0.39 is 0 Å². The Balaban J connectivity index is 2.36. The number of thiophene rings is 1. The molecular weight excluding hydrogens is 232 g/mol. The van der Waals surface area contributed by atoms with Crippen LogP contribution in [0.3, 0.4) is 0 Å². The van der Waals surface area contributed by atoms with Crippen LogP contribution in [0.2, 0.25) is 4.34 Å². The summed E-state index contributed by atoms with van der Waals surface area (Å²) in [7, 11) is 0. The van der Waals surface area contributed by atoms with Gasteiger partial charge in [0.1, 0.15) is 0 Å². The van der Waals surface area contributed by atoms with Crippen LogP contribution in [0.4, 0.5) is 0 Å². The van der Waals surface area contributed by atoms with Gasteiger partial charge in [-0.3, -0.25) is 4.79 Å². The second-order valence-corrected chi connectivity index (χ2v) is 4.99. The molecule has 0 spiro atoms. The molecule has 0 fully saturated rings. The minimum atomic E-state index is -0.0587. The van der Waals surface area contributed by atoms with Crippen LogP contribution in [0.1, 0.15) is 23.5 Å². The maximum atomic E-state index is 11.6. The van der Waals surface area contributed by atoms with Gasteiger partial charge in [-0.1, -0.05) is 18.5 Å². The molecule has 1 atom stereocenters. The largest absolute Gasteiger partial charge is 0.350 e. The van der Waals surface area contributed by atoms with E-state index in [-0.39, 0.29) is 11.9 Å². The van der Waals surface area contributed by atoms with Gasteiger partial charge in [-0.25, -0.2) is 0 Å². The Morgan fingerprint density at radius 2 is 2.33 bits per heavy atom. The maximum absolute atomic E-state index is 11.6. The number of amides is 1. The Labute approximate surface area is 98.8 Å². The van der Waals surface area contributed by atoms with Gasteiger partial charge in [0.15, 0.2) is 0 Å². The van der Waals surface area contributed by atoms with Crippen LogP contribution in [-0.4, -0.2) is 25.0 Å². The third kappa shape index (κ3) is 4.20. The molecule has 0 saturated heterocycles. The van der Waals surface area contributed by atoms with Gasteiger partial charge in [0, 0.05) is 12.6 Å². The maximum Gasteiger partial charge on any atom is 0.261 e. The van der Waals surface area contributed by atoms with Gasteiger partial charge >= 0.3 is 0 Å². The van der Waals surface area contributed by atoms with Crippen molar-refractivity contribution in [2.75, 3.05) is 13.1 Å². The van der Waals surface area contributed by atoms with Crippen molar-refractivity contribution in [2.24, 2.45) is 0 Å². The predicted octanol–water partition coefficient (Wildman–Crippen LogP) is 2.13. The smallest absolute Gasteiger partial charge is 0.261 e. The monoisotopic (exact) mass is 246 g/mol. The van der Waals surface area contributed by atoms with Crippen LogP contribution >= 0.6 is 22.9 Å². The van der Waals surface area contributed by atoms with E-state index in [2.05, 4.69) is 10.6 Å². The van der Waals surface area contributed by atoms with E-state index in [1.165, 1.54) is 11.3 Å². The molecule has 15 heavy (non-hydrogen) atoms. The number of rotatable bonds is 5. The fourth-order valence-corrected chi connectivity index (χ4v) is 2.15. The topological polar surface area (TPSA) is 41.1 Å². The summed E-state index contributed by atoms with van der Waals surface area (Å²) in [6.45, 7) is 5.60. The van der Waals surface area contributed by atoms with Gasteiger partial charge in [-0.05, 0) is 25.6 Å². The first kappa shape index (κ1) is 12.5. The fraction of sp³-hybridized carbons (Fsp3) is 0.500. The van der Waals surface area contributed by atoms with E-state index in [0.29, 0.717) is 15.8 Å². The molecule has 1 heterocycles. The molecule has 2 N–H and O–H groups in total. The average molecular weight is 247 g/mol. The van der Waals surface area contributed by atoms with Gasteiger partial charge in [0.2, 0.25) is 0 Å². The van der Waals surface area contributed by atoms with E-state index in [4.69, 9.17) is 11.6 Å². The minimum absolute atomic E-state index is 0.0587. The molecule has 3 nitrogen and oxygen atoms in total. The quantitative estimate of drug-likeness (QED) is 0.836. The molecule has 1 amide bonds. The van der Waals surface area contributed by atoms with Gasteiger partial charge in [0.25, 0.3) is 5.91 Å². The molecule has 84 valence electrons. The lowest BCUT2D eigenvalue weighted by Crippen LogP contribution is -2.38. The number of hydrogen-bond acceptors (Lipinski definition) is 3. The van der Waals surface area contributed by atoms with Crippen molar-refractivity contribution in [3.05, 3.63) is 21.3 Å². The van der Waals surface area contributed by atoms with Crippen molar-refractivity contribution in [1.29, 1.82) is 0 Å². The van der Waals surface area contributed by atoms with Gasteiger partial charge in [0.05, 0.1) is 9.21 Å². The summed E-state index contributed by atoms with van der Waals surface area (Å²) >= 11 is 7.04. The molecule has 0 radical (unpaired) electrons. The predicted molar refractivity (Wildman–Crippen MR) is 64.8 cm³/mol. The molecule has 1 aromatic heterocycles. The van der Waals surface area contributed by atoms with Crippen LogP contribution in [0, 0.1) is 0 Å². The first-order chi connectivity index (χ1) is 7.13. The Kier molecular flexibility index (Phi) is 5.08. The molecule has 1 aromatic rings. The van der Waals surface area contributed by atoms with E-state index in [9.17, 15) is 4.79 Å². The first-order valence-corrected chi connectivity index (χ1v) is 6.09. The fourth-order valence-electron chi connectivity index (χ4n) is 1.19. The van der Waals surface area contributed by atoms with E-state index >= 15 is 0 Å². The number of hydrogen-bond donors (Lipinski definition) is 2. The van der Waals surface area contributed by atoms with Crippen LogP contribution in [0.5, 0.6) is 0 Å². The molecule has 0 aromatic carbocycles. The van der Waals surface area contributed by atoms with Gasteiger partial charge in [-0.15, -0.1) is 11.3 Å². The van der Waals surface area contributed by atoms with Crippen molar-refractivity contribution in [3.8, 4) is 0 Å².